The number of Topliss-reactive ketones (excluding diaryl/α,β-unsaturated/α-hetero) is 1. The van der Waals surface area contributed by atoms with Crippen LogP contribution in [0, 0.1) is 0 Å². The predicted molar refractivity (Wildman–Crippen MR) is 50.2 cm³/mol. The Kier molecular flexibility index (Phi) is 9.13. The van der Waals surface area contributed by atoms with Gasteiger partial charge in [-0.25, -0.2) is 0 Å². The van der Waals surface area contributed by atoms with Crippen molar-refractivity contribution in [3.63, 3.8) is 0 Å². The van der Waals surface area contributed by atoms with Crippen LogP contribution in [0.2, 0.25) is 0 Å². The van der Waals surface area contributed by atoms with E-state index in [9.17, 15) is 4.79 Å². The summed E-state index contributed by atoms with van der Waals surface area (Å²) in [6.45, 7) is 0. The van der Waals surface area contributed by atoms with Gasteiger partial charge in [0.05, 0.1) is 0 Å². The van der Waals surface area contributed by atoms with Gasteiger partial charge in [-0.1, -0.05) is 36.4 Å². The van der Waals surface area contributed by atoms with Crippen LogP contribution in [0.15, 0.2) is 30.3 Å². The standard InChI is InChI=1S/C10H8O.2BrH.Mg/c11-10-7-3-5-8-4-1-2-6-9(8)10;;;/h1-6H,7H2;2*1H;/q;;;+2/p-2. The van der Waals surface area contributed by atoms with Gasteiger partial charge in [0.15, 0.2) is 5.78 Å². The fourth-order valence-corrected chi connectivity index (χ4v) is 1.30. The van der Waals surface area contributed by atoms with E-state index in [-0.39, 0.29) is 62.8 Å². The van der Waals surface area contributed by atoms with Crippen LogP contribution >= 0.6 is 0 Å². The van der Waals surface area contributed by atoms with Crippen LogP contribution < -0.4 is 34.0 Å². The van der Waals surface area contributed by atoms with Gasteiger partial charge in [-0.3, -0.25) is 4.79 Å². The number of hydrogen-bond acceptors (Lipinski definition) is 1. The van der Waals surface area contributed by atoms with Crippen molar-refractivity contribution in [1.82, 2.24) is 0 Å². The van der Waals surface area contributed by atoms with E-state index in [4.69, 9.17) is 0 Å². The van der Waals surface area contributed by atoms with Crippen molar-refractivity contribution in [1.29, 1.82) is 0 Å². The van der Waals surface area contributed by atoms with Crippen LogP contribution in [0.4, 0.5) is 0 Å². The van der Waals surface area contributed by atoms with Gasteiger partial charge >= 0.3 is 23.1 Å². The number of ketones is 1. The molecule has 2 rings (SSSR count). The molecular formula is C10H8Br2MgO. The largest absolute Gasteiger partial charge is 2.00 e. The van der Waals surface area contributed by atoms with Gasteiger partial charge in [-0.15, -0.1) is 0 Å². The molecule has 1 aromatic rings. The number of carbonyl (C=O) groups is 1. The van der Waals surface area contributed by atoms with Gasteiger partial charge in [-0.05, 0) is 5.56 Å². The maximum atomic E-state index is 11.2. The minimum atomic E-state index is 0. The Morgan fingerprint density at radius 2 is 1.71 bits per heavy atom. The van der Waals surface area contributed by atoms with E-state index in [1.54, 1.807) is 0 Å². The summed E-state index contributed by atoms with van der Waals surface area (Å²) in [4.78, 5) is 11.2. The normalized spacial score (nSPS) is 11.6. The molecule has 0 amide bonds. The number of benzene rings is 1. The van der Waals surface area contributed by atoms with Crippen molar-refractivity contribution in [3.05, 3.63) is 41.5 Å². The molecule has 0 radical (unpaired) electrons. The van der Waals surface area contributed by atoms with Crippen LogP contribution in [0.25, 0.3) is 6.08 Å². The topological polar surface area (TPSA) is 17.1 Å². The first-order chi connectivity index (χ1) is 5.38. The maximum absolute atomic E-state index is 11.2. The first-order valence-electron chi connectivity index (χ1n) is 3.67. The maximum Gasteiger partial charge on any atom is 2.00 e. The molecule has 0 aliphatic heterocycles. The van der Waals surface area contributed by atoms with E-state index >= 15 is 0 Å². The Bertz CT molecular complexity index is 337. The number of halogens is 2. The van der Waals surface area contributed by atoms with Crippen molar-refractivity contribution in [3.8, 4) is 0 Å². The predicted octanol–water partition coefficient (Wildman–Crippen LogP) is -4.09. The molecule has 1 aromatic carbocycles. The Labute approximate surface area is 121 Å². The molecule has 0 aromatic heterocycles. The van der Waals surface area contributed by atoms with E-state index in [2.05, 4.69) is 0 Å². The van der Waals surface area contributed by atoms with Gasteiger partial charge in [0, 0.05) is 12.0 Å². The van der Waals surface area contributed by atoms with Crippen molar-refractivity contribution in [2.75, 3.05) is 0 Å². The molecule has 14 heavy (non-hydrogen) atoms. The number of carbonyl (C=O) groups excluding carboxylic acids is 1. The third-order valence-corrected chi connectivity index (χ3v) is 1.86. The molecule has 0 spiro atoms. The van der Waals surface area contributed by atoms with Gasteiger partial charge < -0.3 is 34.0 Å². The van der Waals surface area contributed by atoms with Crippen LogP contribution in [-0.2, 0) is 0 Å². The molecule has 70 valence electrons. The van der Waals surface area contributed by atoms with E-state index in [0.29, 0.717) is 6.42 Å². The summed E-state index contributed by atoms with van der Waals surface area (Å²) in [5.41, 5.74) is 1.90. The second kappa shape index (κ2) is 7.62. The quantitative estimate of drug-likeness (QED) is 0.443. The fraction of sp³-hybridized carbons (Fsp3) is 0.100. The zero-order valence-corrected chi connectivity index (χ0v) is 12.1. The number of fused-ring (bicyclic) bond motifs is 1. The summed E-state index contributed by atoms with van der Waals surface area (Å²) in [6.07, 6.45) is 4.46. The SMILES string of the molecule is O=C1CC=Cc2ccccc21.[Br-].[Br-].[Mg+2]. The molecule has 0 bridgehead atoms. The summed E-state index contributed by atoms with van der Waals surface area (Å²) in [6, 6.07) is 7.68. The minimum absolute atomic E-state index is 0. The monoisotopic (exact) mass is 326 g/mol. The van der Waals surface area contributed by atoms with Gasteiger partial charge in [0.25, 0.3) is 0 Å². The molecule has 0 N–H and O–H groups in total. The van der Waals surface area contributed by atoms with Gasteiger partial charge in [-0.2, -0.15) is 0 Å². The van der Waals surface area contributed by atoms with Crippen LogP contribution in [-0.4, -0.2) is 28.8 Å². The molecule has 0 saturated carbocycles. The van der Waals surface area contributed by atoms with Crippen molar-refractivity contribution < 1.29 is 38.8 Å². The summed E-state index contributed by atoms with van der Waals surface area (Å²) < 4.78 is 0. The molecule has 0 saturated heterocycles. The third kappa shape index (κ3) is 3.49. The minimum Gasteiger partial charge on any atom is -1.00 e. The summed E-state index contributed by atoms with van der Waals surface area (Å²) in [5, 5.41) is 0. The molecule has 0 unspecified atom stereocenters. The van der Waals surface area contributed by atoms with E-state index in [0.717, 1.165) is 11.1 Å². The summed E-state index contributed by atoms with van der Waals surface area (Å²) in [5.74, 6) is 0.225. The van der Waals surface area contributed by atoms with Crippen molar-refractivity contribution >= 4 is 34.9 Å². The molecular weight excluding hydrogens is 320 g/mol. The van der Waals surface area contributed by atoms with Crippen molar-refractivity contribution in [2.24, 2.45) is 0 Å². The Morgan fingerprint density at radius 1 is 1.07 bits per heavy atom. The summed E-state index contributed by atoms with van der Waals surface area (Å²) >= 11 is 0. The van der Waals surface area contributed by atoms with Crippen LogP contribution in [0.5, 0.6) is 0 Å². The first-order valence-corrected chi connectivity index (χ1v) is 3.67. The van der Waals surface area contributed by atoms with Gasteiger partial charge in [0.1, 0.15) is 0 Å². The second-order valence-corrected chi connectivity index (χ2v) is 2.62. The number of hydrogen-bond donors (Lipinski definition) is 0. The Morgan fingerprint density at radius 3 is 2.36 bits per heavy atom. The van der Waals surface area contributed by atoms with Crippen LogP contribution in [0.1, 0.15) is 22.3 Å². The van der Waals surface area contributed by atoms with Gasteiger partial charge in [0.2, 0.25) is 0 Å². The summed E-state index contributed by atoms with van der Waals surface area (Å²) in [7, 11) is 0. The zero-order chi connectivity index (χ0) is 7.68. The molecule has 4 heteroatoms. The smallest absolute Gasteiger partial charge is 1.00 e. The number of allylic oxidation sites excluding steroid dienone is 1. The third-order valence-electron chi connectivity index (χ3n) is 1.86. The molecule has 0 fully saturated rings. The Balaban J connectivity index is 0. The molecule has 1 aliphatic rings. The van der Waals surface area contributed by atoms with E-state index in [1.807, 2.05) is 36.4 Å². The molecule has 1 aliphatic carbocycles. The van der Waals surface area contributed by atoms with E-state index in [1.165, 1.54) is 0 Å². The average molecular weight is 328 g/mol. The van der Waals surface area contributed by atoms with Crippen LogP contribution in [0.3, 0.4) is 0 Å². The molecule has 0 atom stereocenters. The number of rotatable bonds is 0. The zero-order valence-electron chi connectivity index (χ0n) is 7.54. The molecule has 1 nitrogen and oxygen atoms in total. The first kappa shape index (κ1) is 16.8. The second-order valence-electron chi connectivity index (χ2n) is 2.62. The van der Waals surface area contributed by atoms with Crippen molar-refractivity contribution in [2.45, 2.75) is 6.42 Å². The molecule has 0 heterocycles. The Hall–Kier alpha value is 0.356. The average Bonchev–Trinajstić information content (AvgIpc) is 2.06. The fourth-order valence-electron chi connectivity index (χ4n) is 1.30. The van der Waals surface area contributed by atoms with E-state index < -0.39 is 0 Å².